The van der Waals surface area contributed by atoms with E-state index in [2.05, 4.69) is 10.0 Å². The Hall–Kier alpha value is -2.15. The van der Waals surface area contributed by atoms with E-state index in [1.807, 2.05) is 0 Å². The topological polar surface area (TPSA) is 86.1 Å². The molecular weight excluding hydrogens is 250 g/mol. The molecule has 0 aliphatic heterocycles. The summed E-state index contributed by atoms with van der Waals surface area (Å²) in [6.07, 6.45) is -1.21. The van der Waals surface area contributed by atoms with E-state index in [-0.39, 0.29) is 22.4 Å². The first-order valence-electron chi connectivity index (χ1n) is 4.87. The molecule has 18 heavy (non-hydrogen) atoms. The molecule has 0 aliphatic carbocycles. The van der Waals surface area contributed by atoms with Crippen molar-refractivity contribution in [2.45, 2.75) is 13.2 Å². The summed E-state index contributed by atoms with van der Waals surface area (Å²) in [5.74, 6) is -1.37. The molecule has 1 aromatic carbocycles. The molecule has 9 heteroatoms. The van der Waals surface area contributed by atoms with E-state index >= 15 is 0 Å². The zero-order chi connectivity index (χ0) is 13.9. The number of azide groups is 1. The average molecular weight is 258 g/mol. The van der Waals surface area contributed by atoms with Gasteiger partial charge in [-0.05, 0) is 30.2 Å². The molecule has 0 aliphatic rings. The van der Waals surface area contributed by atoms with Crippen molar-refractivity contribution in [1.29, 1.82) is 0 Å². The van der Waals surface area contributed by atoms with Crippen LogP contribution in [-0.4, -0.2) is 18.1 Å². The number of nitrogens with zero attached hydrogens (tertiary/aromatic N) is 3. The van der Waals surface area contributed by atoms with Gasteiger partial charge >= 0.3 is 12.9 Å². The largest absolute Gasteiger partial charge is 0.482 e. The van der Waals surface area contributed by atoms with E-state index < -0.39 is 19.3 Å². The third-order valence-corrected chi connectivity index (χ3v) is 2.34. The zero-order valence-corrected chi connectivity index (χ0v) is 9.27. The van der Waals surface area contributed by atoms with Crippen LogP contribution in [0.5, 0.6) is 0 Å². The fraction of sp³-hybridized carbons (Fsp3) is 0.222. The zero-order valence-electron chi connectivity index (χ0n) is 9.27. The molecular formula is C9H8BF3N3O2-. The van der Waals surface area contributed by atoms with Crippen LogP contribution in [0, 0.1) is 6.92 Å². The van der Waals surface area contributed by atoms with Crippen LogP contribution in [0.2, 0.25) is 0 Å². The minimum atomic E-state index is -5.09. The smallest absolute Gasteiger partial charge is 0.478 e. The van der Waals surface area contributed by atoms with Crippen LogP contribution in [0.4, 0.5) is 18.6 Å². The first kappa shape index (κ1) is 13.9. The summed E-state index contributed by atoms with van der Waals surface area (Å²) in [5, 5.41) is 12.0. The number of hydrogen-bond acceptors (Lipinski definition) is 2. The maximum Gasteiger partial charge on any atom is 0.482 e. The monoisotopic (exact) mass is 258 g/mol. The van der Waals surface area contributed by atoms with E-state index in [1.165, 1.54) is 6.92 Å². The standard InChI is InChI=1S/C9H8BF3N3O2/c1-5-7(4-10(11,12)13)2-6(9(17)18)3-8(5)15-16-14/h2-3H,4H2,1H3,(H,17,18)/q-1. The quantitative estimate of drug-likeness (QED) is 0.387. The lowest BCUT2D eigenvalue weighted by molar-refractivity contribution is 0.0696. The molecule has 0 unspecified atom stereocenters. The molecule has 0 saturated heterocycles. The minimum Gasteiger partial charge on any atom is -0.478 e. The van der Waals surface area contributed by atoms with Gasteiger partial charge in [-0.2, -0.15) is 0 Å². The molecule has 5 nitrogen and oxygen atoms in total. The summed E-state index contributed by atoms with van der Waals surface area (Å²) in [5.41, 5.74) is 7.80. The van der Waals surface area contributed by atoms with Gasteiger partial charge in [0.1, 0.15) is 0 Å². The van der Waals surface area contributed by atoms with Gasteiger partial charge in [0.15, 0.2) is 0 Å². The van der Waals surface area contributed by atoms with Gasteiger partial charge in [0.25, 0.3) is 0 Å². The molecule has 96 valence electrons. The van der Waals surface area contributed by atoms with Gasteiger partial charge in [-0.25, -0.2) is 4.79 Å². The Morgan fingerprint density at radius 3 is 2.56 bits per heavy atom. The summed E-state index contributed by atoms with van der Waals surface area (Å²) >= 11 is 0. The van der Waals surface area contributed by atoms with Crippen molar-refractivity contribution in [2.24, 2.45) is 5.11 Å². The van der Waals surface area contributed by atoms with E-state index in [9.17, 15) is 17.7 Å². The summed E-state index contributed by atoms with van der Waals surface area (Å²) in [6, 6.07) is 1.99. The van der Waals surface area contributed by atoms with Crippen molar-refractivity contribution in [3.05, 3.63) is 39.3 Å². The van der Waals surface area contributed by atoms with Gasteiger partial charge < -0.3 is 18.1 Å². The second-order valence-corrected chi connectivity index (χ2v) is 3.69. The molecule has 0 spiro atoms. The molecule has 0 aromatic heterocycles. The van der Waals surface area contributed by atoms with Gasteiger partial charge in [0, 0.05) is 10.6 Å². The Morgan fingerprint density at radius 2 is 2.11 bits per heavy atom. The lowest BCUT2D eigenvalue weighted by Crippen LogP contribution is -2.20. The molecule has 0 bridgehead atoms. The third kappa shape index (κ3) is 3.42. The molecule has 0 amide bonds. The minimum absolute atomic E-state index is 0.104. The van der Waals surface area contributed by atoms with Crippen LogP contribution >= 0.6 is 0 Å². The van der Waals surface area contributed by atoms with Crippen LogP contribution in [0.3, 0.4) is 0 Å². The second-order valence-electron chi connectivity index (χ2n) is 3.69. The van der Waals surface area contributed by atoms with Crippen LogP contribution in [0.1, 0.15) is 21.5 Å². The summed E-state index contributed by atoms with van der Waals surface area (Å²) in [7, 11) is 0. The molecule has 0 fully saturated rings. The van der Waals surface area contributed by atoms with Crippen molar-refractivity contribution in [3.63, 3.8) is 0 Å². The summed E-state index contributed by atoms with van der Waals surface area (Å²) < 4.78 is 37.2. The SMILES string of the molecule is Cc1c(C[B-](F)(F)F)cc(C(=O)O)cc1N=[N+]=[N-]. The van der Waals surface area contributed by atoms with Gasteiger partial charge in [0.2, 0.25) is 0 Å². The Bertz CT molecular complexity index is 539. The predicted molar refractivity (Wildman–Crippen MR) is 59.7 cm³/mol. The van der Waals surface area contributed by atoms with Crippen molar-refractivity contribution < 1.29 is 22.8 Å². The number of halogens is 3. The maximum atomic E-state index is 12.4. The van der Waals surface area contributed by atoms with E-state index in [0.29, 0.717) is 0 Å². The molecule has 1 rings (SSSR count). The van der Waals surface area contributed by atoms with Crippen LogP contribution in [-0.2, 0) is 6.32 Å². The average Bonchev–Trinajstić information content (AvgIpc) is 2.21. The van der Waals surface area contributed by atoms with Gasteiger partial charge in [-0.3, -0.25) is 0 Å². The first-order valence-corrected chi connectivity index (χ1v) is 4.87. The normalized spacial score (nSPS) is 10.9. The third-order valence-electron chi connectivity index (χ3n) is 2.34. The van der Waals surface area contributed by atoms with Crippen molar-refractivity contribution >= 4 is 18.6 Å². The number of rotatable bonds is 4. The van der Waals surface area contributed by atoms with E-state index in [0.717, 1.165) is 12.1 Å². The summed E-state index contributed by atoms with van der Waals surface area (Å²) in [4.78, 5) is 13.2. The second kappa shape index (κ2) is 5.01. The van der Waals surface area contributed by atoms with Crippen molar-refractivity contribution in [2.75, 3.05) is 0 Å². The number of carboxylic acid groups (broad SMARTS) is 1. The predicted octanol–water partition coefficient (Wildman–Crippen LogP) is 3.56. The Morgan fingerprint density at radius 1 is 1.50 bits per heavy atom. The van der Waals surface area contributed by atoms with Crippen molar-refractivity contribution in [3.8, 4) is 0 Å². The molecule has 1 aromatic rings. The van der Waals surface area contributed by atoms with Crippen LogP contribution in [0.15, 0.2) is 17.2 Å². The Kier molecular flexibility index (Phi) is 3.87. The highest BCUT2D eigenvalue weighted by atomic mass is 19.4. The molecule has 0 atom stereocenters. The number of aromatic carboxylic acids is 1. The molecule has 0 radical (unpaired) electrons. The van der Waals surface area contributed by atoms with Crippen molar-refractivity contribution in [1.82, 2.24) is 0 Å². The first-order chi connectivity index (χ1) is 8.24. The fourth-order valence-corrected chi connectivity index (χ4v) is 1.49. The van der Waals surface area contributed by atoms with Crippen LogP contribution < -0.4 is 0 Å². The van der Waals surface area contributed by atoms with Gasteiger partial charge in [-0.15, -0.1) is 0 Å². The number of carboxylic acids is 1. The highest BCUT2D eigenvalue weighted by Gasteiger charge is 2.25. The highest BCUT2D eigenvalue weighted by molar-refractivity contribution is 6.57. The number of hydrogen-bond donors (Lipinski definition) is 1. The van der Waals surface area contributed by atoms with Gasteiger partial charge in [-0.1, -0.05) is 17.0 Å². The fourth-order valence-electron chi connectivity index (χ4n) is 1.49. The lowest BCUT2D eigenvalue weighted by atomic mass is 9.79. The van der Waals surface area contributed by atoms with E-state index in [1.54, 1.807) is 0 Å². The lowest BCUT2D eigenvalue weighted by Gasteiger charge is -2.17. The molecule has 1 N–H and O–H groups in total. The summed E-state index contributed by atoms with van der Waals surface area (Å²) in [6.45, 7) is -3.74. The Labute approximate surface area is 99.9 Å². The van der Waals surface area contributed by atoms with Crippen LogP contribution in [0.25, 0.3) is 10.4 Å². The molecule has 0 saturated carbocycles. The number of carbonyl (C=O) groups is 1. The number of benzene rings is 1. The maximum absolute atomic E-state index is 12.4. The Balaban J connectivity index is 3.40. The highest BCUT2D eigenvalue weighted by Crippen LogP contribution is 2.28. The van der Waals surface area contributed by atoms with Gasteiger partial charge in [0.05, 0.1) is 5.56 Å². The molecule has 0 heterocycles. The van der Waals surface area contributed by atoms with E-state index in [4.69, 9.17) is 10.6 Å².